The third-order valence-corrected chi connectivity index (χ3v) is 16.5. The average Bonchev–Trinajstić information content (AvgIpc) is 1.61. The molecule has 4 aliphatic rings. The molecule has 8 rings (SSSR count). The van der Waals surface area contributed by atoms with Gasteiger partial charge in [-0.15, -0.1) is 0 Å². The molecule has 0 bridgehead atoms. The van der Waals surface area contributed by atoms with Crippen LogP contribution in [0.4, 0.5) is 4.39 Å². The van der Waals surface area contributed by atoms with E-state index in [4.69, 9.17) is 28.7 Å². The number of carbonyl (C=O) groups is 12. The van der Waals surface area contributed by atoms with E-state index >= 15 is 4.39 Å². The summed E-state index contributed by atoms with van der Waals surface area (Å²) in [6.45, 7) is 2.69. The maximum absolute atomic E-state index is 15.4. The Morgan fingerprint density at radius 2 is 1.32 bits per heavy atom. The van der Waals surface area contributed by atoms with Gasteiger partial charge in [-0.25, -0.2) is 14.2 Å². The van der Waals surface area contributed by atoms with Crippen molar-refractivity contribution in [1.82, 2.24) is 57.0 Å². The number of aliphatic hydroxyl groups is 1. The highest BCUT2D eigenvalue weighted by atomic mass is 19.1. The Morgan fingerprint density at radius 3 is 1.99 bits per heavy atom. The summed E-state index contributed by atoms with van der Waals surface area (Å²) in [6.07, 6.45) is 2.06. The molecule has 0 saturated heterocycles. The number of aryl methyl sites for hydroxylation is 1. The summed E-state index contributed by atoms with van der Waals surface area (Å²) in [7, 11) is 0. The summed E-state index contributed by atoms with van der Waals surface area (Å²) in [5.41, 5.74) is 1.84. The number of cyclic esters (lactones) is 1. The van der Waals surface area contributed by atoms with Gasteiger partial charge in [0.15, 0.2) is 5.60 Å². The lowest BCUT2D eigenvalue weighted by atomic mass is 9.81. The molecule has 3 aliphatic heterocycles. The van der Waals surface area contributed by atoms with E-state index in [1.54, 1.807) is 50.2 Å². The minimum atomic E-state index is -2.06. The molecular formula is C65H78FN11O20. The minimum Gasteiger partial charge on any atom is -0.481 e. The Balaban J connectivity index is 0.704. The number of imide groups is 1. The molecule has 2 aromatic heterocycles. The monoisotopic (exact) mass is 1350 g/mol. The normalized spacial score (nSPS) is 16.3. The minimum absolute atomic E-state index is 0.0132. The molecule has 2 aromatic carbocycles. The van der Waals surface area contributed by atoms with Crippen LogP contribution in [0.5, 0.6) is 0 Å². The molecule has 0 spiro atoms. The molecule has 4 atom stereocenters. The van der Waals surface area contributed by atoms with Gasteiger partial charge in [0.2, 0.25) is 47.3 Å². The first-order valence-corrected chi connectivity index (χ1v) is 31.7. The molecule has 31 nitrogen and oxygen atoms in total. The molecule has 0 unspecified atom stereocenters. The molecule has 0 radical (unpaired) electrons. The molecule has 97 heavy (non-hydrogen) atoms. The van der Waals surface area contributed by atoms with Crippen LogP contribution in [0, 0.1) is 12.7 Å². The van der Waals surface area contributed by atoms with Crippen LogP contribution in [0.15, 0.2) is 59.4 Å². The number of halogens is 1. The number of ether oxygens (including phenoxy) is 5. The summed E-state index contributed by atoms with van der Waals surface area (Å²) in [4.78, 5) is 171. The SMILES string of the molecule is CC[C@@]1(O)C(=O)OCc2c1cc1n(c2=O)Cc2c-1nc1cc(F)c(C)c3c1c2[C@@H](NC(=O)CCCNC(=O)CNC(=O)[C@H](Cc1ccccc1)NC(=O)CNC(=O)CNC(=O)[C@H](CC(=O)O)NC(=O)CCOCCOCCOCCOCCNC(=O)CCN1C(=O)C=CC1=O)CC3. The number of fused-ring (bicyclic) bond motifs is 5. The average molecular weight is 1350 g/mol. The number of hydrogen-bond donors (Lipinski definition) is 10. The van der Waals surface area contributed by atoms with E-state index in [1.807, 2.05) is 0 Å². The van der Waals surface area contributed by atoms with Crippen molar-refractivity contribution in [3.05, 3.63) is 110 Å². The quantitative estimate of drug-likeness (QED) is 0.0121. The second-order valence-electron chi connectivity index (χ2n) is 23.1. The first-order chi connectivity index (χ1) is 46.6. The van der Waals surface area contributed by atoms with Gasteiger partial charge in [0.1, 0.15) is 24.5 Å². The molecule has 520 valence electrons. The van der Waals surface area contributed by atoms with Crippen molar-refractivity contribution >= 4 is 81.9 Å². The van der Waals surface area contributed by atoms with Crippen LogP contribution < -0.4 is 48.1 Å². The third-order valence-electron chi connectivity index (χ3n) is 16.5. The van der Waals surface area contributed by atoms with Gasteiger partial charge in [-0.05, 0) is 60.9 Å². The largest absolute Gasteiger partial charge is 0.481 e. The van der Waals surface area contributed by atoms with Crippen molar-refractivity contribution < 1.29 is 95.8 Å². The predicted octanol–water partition coefficient (Wildman–Crippen LogP) is -1.55. The Kier molecular flexibility index (Phi) is 26.1. The standard InChI is InChI=1S/C65H78FN11O20/c1-3-65(92)42-29-48-60-40(35-77(48)63(90)41(42)36-97-64(65)91)59-44(12-11-39-37(2)43(66)30-45(75-60)58(39)59)72-50(79)10-7-17-67-52(81)32-70-61(88)46(28-38-8-5-4-6-9-38)74-54(83)34-69-53(82)33-71-62(89)47(31-57(86)87)73-51(80)16-20-93-22-24-95-26-27-96-25-23-94-21-18-68-49(78)15-19-76-55(84)13-14-56(76)85/h4-6,8-9,13-14,29-30,44,46-47,92H,3,7,10-12,15-28,31-36H2,1-2H3,(H,67,81)(H,68,78)(H,69,82)(H,70,88)(H,71,89)(H,72,79)(H,73,80)(H,74,83)(H,86,87)/t44-,46-,47-,65-/m0/s1. The fourth-order valence-electron chi connectivity index (χ4n) is 11.4. The second kappa shape index (κ2) is 34.7. The van der Waals surface area contributed by atoms with Crippen LogP contribution >= 0.6 is 0 Å². The van der Waals surface area contributed by atoms with Gasteiger partial charge in [-0.3, -0.25) is 62.4 Å². The van der Waals surface area contributed by atoms with E-state index in [0.29, 0.717) is 57.4 Å². The lowest BCUT2D eigenvalue weighted by Gasteiger charge is -2.31. The van der Waals surface area contributed by atoms with Gasteiger partial charge in [0.05, 0.1) is 114 Å². The summed E-state index contributed by atoms with van der Waals surface area (Å²) < 4.78 is 43.8. The molecule has 4 aromatic rings. The lowest BCUT2D eigenvalue weighted by Crippen LogP contribution is -2.53. The van der Waals surface area contributed by atoms with E-state index in [-0.39, 0.29) is 147 Å². The molecule has 5 heterocycles. The Labute approximate surface area is 554 Å². The smallest absolute Gasteiger partial charge is 0.343 e. The van der Waals surface area contributed by atoms with E-state index in [0.717, 1.165) is 22.6 Å². The molecule has 0 saturated carbocycles. The summed E-state index contributed by atoms with van der Waals surface area (Å²) in [5.74, 6) is -9.16. The fraction of sp³-hybridized carbons (Fsp3) is 0.477. The predicted molar refractivity (Wildman–Crippen MR) is 337 cm³/mol. The number of carboxylic acids is 1. The van der Waals surface area contributed by atoms with E-state index < -0.39 is 120 Å². The van der Waals surface area contributed by atoms with Crippen LogP contribution in [0.25, 0.3) is 22.3 Å². The third kappa shape index (κ3) is 19.4. The summed E-state index contributed by atoms with van der Waals surface area (Å²) in [6, 6.07) is 8.07. The summed E-state index contributed by atoms with van der Waals surface area (Å²) in [5, 5.41) is 41.7. The Hall–Kier alpha value is -9.89. The highest BCUT2D eigenvalue weighted by molar-refractivity contribution is 6.13. The molecule has 32 heteroatoms. The molecule has 10 N–H and O–H groups in total. The number of nitrogens with zero attached hydrogens (tertiary/aromatic N) is 3. The summed E-state index contributed by atoms with van der Waals surface area (Å²) >= 11 is 0. The zero-order chi connectivity index (χ0) is 69.8. The zero-order valence-electron chi connectivity index (χ0n) is 53.6. The number of aromatic nitrogens is 2. The van der Waals surface area contributed by atoms with Crippen LogP contribution in [0.3, 0.4) is 0 Å². The maximum atomic E-state index is 15.4. The van der Waals surface area contributed by atoms with E-state index in [2.05, 4.69) is 42.5 Å². The van der Waals surface area contributed by atoms with Crippen molar-refractivity contribution in [3.8, 4) is 11.4 Å². The van der Waals surface area contributed by atoms with Crippen molar-refractivity contribution in [2.24, 2.45) is 0 Å². The number of esters is 1. The Morgan fingerprint density at radius 1 is 0.701 bits per heavy atom. The van der Waals surface area contributed by atoms with Gasteiger partial charge < -0.3 is 81.0 Å². The first-order valence-electron chi connectivity index (χ1n) is 31.7. The number of nitrogens with one attached hydrogen (secondary N) is 8. The van der Waals surface area contributed by atoms with Gasteiger partial charge in [0, 0.05) is 80.0 Å². The van der Waals surface area contributed by atoms with Crippen LogP contribution in [-0.4, -0.2) is 200 Å². The number of amides is 10. The number of aliphatic carboxylic acids is 1. The first kappa shape index (κ1) is 72.9. The van der Waals surface area contributed by atoms with Gasteiger partial charge in [0.25, 0.3) is 17.4 Å². The molecule has 1 aliphatic carbocycles. The fourth-order valence-corrected chi connectivity index (χ4v) is 11.4. The van der Waals surface area contributed by atoms with Crippen molar-refractivity contribution in [2.75, 3.05) is 92.1 Å². The van der Waals surface area contributed by atoms with Crippen LogP contribution in [0.2, 0.25) is 0 Å². The van der Waals surface area contributed by atoms with Crippen molar-refractivity contribution in [2.45, 2.75) is 109 Å². The topological polar surface area (TPSA) is 426 Å². The van der Waals surface area contributed by atoms with Gasteiger partial charge >= 0.3 is 11.9 Å². The number of rotatable bonds is 38. The maximum Gasteiger partial charge on any atom is 0.343 e. The van der Waals surface area contributed by atoms with E-state index in [1.165, 1.54) is 10.6 Å². The van der Waals surface area contributed by atoms with Crippen LogP contribution in [-0.2, 0) is 113 Å². The number of hydrogen-bond acceptors (Lipinski definition) is 20. The number of benzene rings is 2. The number of pyridine rings is 2. The van der Waals surface area contributed by atoms with Crippen molar-refractivity contribution in [1.29, 1.82) is 0 Å². The molecule has 10 amide bonds. The highest BCUT2D eigenvalue weighted by Crippen LogP contribution is 2.46. The van der Waals surface area contributed by atoms with E-state index in [9.17, 15) is 72.5 Å². The Bertz CT molecular complexity index is 3750. The van der Waals surface area contributed by atoms with Gasteiger partial charge in [-0.1, -0.05) is 37.3 Å². The number of carboxylic acid groups (broad SMARTS) is 1. The lowest BCUT2D eigenvalue weighted by molar-refractivity contribution is -0.172. The zero-order valence-corrected chi connectivity index (χ0v) is 53.6. The molecule has 0 fully saturated rings. The second-order valence-corrected chi connectivity index (χ2v) is 23.1. The van der Waals surface area contributed by atoms with Crippen LogP contribution in [0.1, 0.15) is 96.9 Å². The number of carbonyl (C=O) groups excluding carboxylic acids is 11. The highest BCUT2D eigenvalue weighted by Gasteiger charge is 2.46. The molecular weight excluding hydrogens is 1270 g/mol. The van der Waals surface area contributed by atoms with Gasteiger partial charge in [-0.2, -0.15) is 0 Å². The van der Waals surface area contributed by atoms with Crippen molar-refractivity contribution in [3.63, 3.8) is 0 Å².